The Morgan fingerprint density at radius 1 is 1.16 bits per heavy atom. The summed E-state index contributed by atoms with van der Waals surface area (Å²) in [5.74, 6) is 0.341. The van der Waals surface area contributed by atoms with E-state index in [2.05, 4.69) is 15.6 Å². The SMILES string of the molecule is CC(C)C[C@H](NC(=O)OC(C)(C)C)C(=O)N[C@H](CC1CCCCC1)[C@H](O)c1ccccn1. The molecular weight excluding hydrogens is 406 g/mol. The molecule has 0 bridgehead atoms. The van der Waals surface area contributed by atoms with Gasteiger partial charge in [0.05, 0.1) is 11.7 Å². The maximum absolute atomic E-state index is 13.3. The lowest BCUT2D eigenvalue weighted by Gasteiger charge is -2.31. The summed E-state index contributed by atoms with van der Waals surface area (Å²) in [6.07, 6.45) is 7.08. The monoisotopic (exact) mass is 447 g/mol. The highest BCUT2D eigenvalue weighted by Crippen LogP contribution is 2.30. The first-order chi connectivity index (χ1) is 15.0. The van der Waals surface area contributed by atoms with Crippen molar-refractivity contribution in [2.45, 2.75) is 103 Å². The fourth-order valence-electron chi connectivity index (χ4n) is 4.24. The number of pyridine rings is 1. The van der Waals surface area contributed by atoms with Gasteiger partial charge in [-0.1, -0.05) is 52.0 Å². The van der Waals surface area contributed by atoms with Crippen LogP contribution in [0.3, 0.4) is 0 Å². The summed E-state index contributed by atoms with van der Waals surface area (Å²) < 4.78 is 5.35. The van der Waals surface area contributed by atoms with E-state index >= 15 is 0 Å². The van der Waals surface area contributed by atoms with Gasteiger partial charge in [0.1, 0.15) is 17.7 Å². The van der Waals surface area contributed by atoms with Crippen LogP contribution in [0.25, 0.3) is 0 Å². The first-order valence-corrected chi connectivity index (χ1v) is 11.9. The van der Waals surface area contributed by atoms with E-state index in [9.17, 15) is 14.7 Å². The van der Waals surface area contributed by atoms with Crippen molar-refractivity contribution in [1.29, 1.82) is 0 Å². The van der Waals surface area contributed by atoms with Crippen LogP contribution in [-0.4, -0.2) is 39.8 Å². The minimum absolute atomic E-state index is 0.193. The zero-order chi connectivity index (χ0) is 23.7. The molecule has 1 aliphatic carbocycles. The van der Waals surface area contributed by atoms with Crippen molar-refractivity contribution in [2.24, 2.45) is 11.8 Å². The molecule has 3 atom stereocenters. The van der Waals surface area contributed by atoms with E-state index in [1.54, 1.807) is 39.1 Å². The number of amides is 2. The van der Waals surface area contributed by atoms with Gasteiger partial charge in [0, 0.05) is 6.20 Å². The highest BCUT2D eigenvalue weighted by Gasteiger charge is 2.31. The predicted octanol–water partition coefficient (Wildman–Crippen LogP) is 4.51. The molecule has 1 fully saturated rings. The van der Waals surface area contributed by atoms with Gasteiger partial charge >= 0.3 is 6.09 Å². The molecule has 1 heterocycles. The molecule has 180 valence electrons. The highest BCUT2D eigenvalue weighted by molar-refractivity contribution is 5.86. The summed E-state index contributed by atoms with van der Waals surface area (Å²) in [6, 6.07) is 4.19. The average Bonchev–Trinajstić information content (AvgIpc) is 2.72. The summed E-state index contributed by atoms with van der Waals surface area (Å²) >= 11 is 0. The maximum Gasteiger partial charge on any atom is 0.408 e. The molecule has 1 aliphatic rings. The third kappa shape index (κ3) is 9.15. The average molecular weight is 448 g/mol. The van der Waals surface area contributed by atoms with Gasteiger partial charge in [-0.2, -0.15) is 0 Å². The van der Waals surface area contributed by atoms with Crippen LogP contribution in [0.1, 0.15) is 91.4 Å². The van der Waals surface area contributed by atoms with Gasteiger partial charge in [0.2, 0.25) is 5.91 Å². The van der Waals surface area contributed by atoms with E-state index in [1.165, 1.54) is 19.3 Å². The second kappa shape index (κ2) is 12.2. The van der Waals surface area contributed by atoms with Gasteiger partial charge in [-0.05, 0) is 57.6 Å². The van der Waals surface area contributed by atoms with Gasteiger partial charge in [0.25, 0.3) is 0 Å². The number of hydrogen-bond acceptors (Lipinski definition) is 5. The van der Waals surface area contributed by atoms with E-state index < -0.39 is 29.9 Å². The Kier molecular flexibility index (Phi) is 9.94. The van der Waals surface area contributed by atoms with Crippen LogP contribution in [0.15, 0.2) is 24.4 Å². The molecule has 7 nitrogen and oxygen atoms in total. The van der Waals surface area contributed by atoms with Crippen molar-refractivity contribution in [3.63, 3.8) is 0 Å². The molecule has 32 heavy (non-hydrogen) atoms. The largest absolute Gasteiger partial charge is 0.444 e. The number of hydrogen-bond donors (Lipinski definition) is 3. The number of carbonyl (C=O) groups excluding carboxylic acids is 2. The molecule has 2 rings (SSSR count). The quantitative estimate of drug-likeness (QED) is 0.517. The molecule has 0 aliphatic heterocycles. The van der Waals surface area contributed by atoms with Crippen molar-refractivity contribution in [1.82, 2.24) is 15.6 Å². The second-order valence-corrected chi connectivity index (χ2v) is 10.4. The van der Waals surface area contributed by atoms with Gasteiger partial charge < -0.3 is 20.5 Å². The second-order valence-electron chi connectivity index (χ2n) is 10.4. The third-order valence-electron chi connectivity index (χ3n) is 5.73. The number of rotatable bonds is 9. The zero-order valence-electron chi connectivity index (χ0n) is 20.3. The van der Waals surface area contributed by atoms with Crippen molar-refractivity contribution >= 4 is 12.0 Å². The summed E-state index contributed by atoms with van der Waals surface area (Å²) in [7, 11) is 0. The molecule has 1 aromatic rings. The van der Waals surface area contributed by atoms with E-state index in [-0.39, 0.29) is 11.8 Å². The van der Waals surface area contributed by atoms with Crippen LogP contribution in [0.2, 0.25) is 0 Å². The number of aliphatic hydroxyl groups is 1. The fraction of sp³-hybridized carbons (Fsp3) is 0.720. The van der Waals surface area contributed by atoms with Crippen molar-refractivity contribution in [3.8, 4) is 0 Å². The Labute approximate surface area is 192 Å². The predicted molar refractivity (Wildman–Crippen MR) is 125 cm³/mol. The van der Waals surface area contributed by atoms with Crippen molar-refractivity contribution in [3.05, 3.63) is 30.1 Å². The number of nitrogens with zero attached hydrogens (tertiary/aromatic N) is 1. The Balaban J connectivity index is 2.15. The molecule has 0 saturated heterocycles. The molecule has 0 spiro atoms. The summed E-state index contributed by atoms with van der Waals surface area (Å²) in [5, 5.41) is 16.8. The summed E-state index contributed by atoms with van der Waals surface area (Å²) in [6.45, 7) is 9.35. The van der Waals surface area contributed by atoms with Crippen LogP contribution < -0.4 is 10.6 Å². The van der Waals surface area contributed by atoms with E-state index in [4.69, 9.17) is 4.74 Å². The lowest BCUT2D eigenvalue weighted by Crippen LogP contribution is -2.52. The van der Waals surface area contributed by atoms with Gasteiger partial charge in [-0.3, -0.25) is 9.78 Å². The normalized spacial score (nSPS) is 18.0. The standard InChI is InChI=1S/C25H41N3O4/c1-17(2)15-21(28-24(31)32-25(3,4)5)23(30)27-20(16-18-11-7-6-8-12-18)22(29)19-13-9-10-14-26-19/h9-10,13-14,17-18,20-22,29H,6-8,11-12,15-16H2,1-5H3,(H,27,30)(H,28,31)/t20-,21+,22-/m1/s1. The van der Waals surface area contributed by atoms with Crippen molar-refractivity contribution < 1.29 is 19.4 Å². The molecule has 3 N–H and O–H groups in total. The number of aliphatic hydroxyl groups excluding tert-OH is 1. The van der Waals surface area contributed by atoms with Gasteiger partial charge in [-0.25, -0.2) is 4.79 Å². The number of ether oxygens (including phenoxy) is 1. The highest BCUT2D eigenvalue weighted by atomic mass is 16.6. The summed E-state index contributed by atoms with van der Waals surface area (Å²) in [5.41, 5.74) is -0.115. The lowest BCUT2D eigenvalue weighted by molar-refractivity contribution is -0.125. The van der Waals surface area contributed by atoms with Crippen LogP contribution >= 0.6 is 0 Å². The Hall–Kier alpha value is -2.15. The number of alkyl carbamates (subject to hydrolysis) is 1. The van der Waals surface area contributed by atoms with E-state index in [0.29, 0.717) is 24.5 Å². The molecular formula is C25H41N3O4. The minimum Gasteiger partial charge on any atom is -0.444 e. The van der Waals surface area contributed by atoms with Gasteiger partial charge in [-0.15, -0.1) is 0 Å². The Morgan fingerprint density at radius 2 is 1.84 bits per heavy atom. The molecule has 1 saturated carbocycles. The van der Waals surface area contributed by atoms with Crippen LogP contribution in [-0.2, 0) is 9.53 Å². The third-order valence-corrected chi connectivity index (χ3v) is 5.73. The Morgan fingerprint density at radius 3 is 2.41 bits per heavy atom. The molecule has 2 amide bonds. The van der Waals surface area contributed by atoms with Crippen LogP contribution in [0.5, 0.6) is 0 Å². The van der Waals surface area contributed by atoms with Crippen LogP contribution in [0.4, 0.5) is 4.79 Å². The maximum atomic E-state index is 13.3. The molecule has 0 aromatic carbocycles. The zero-order valence-corrected chi connectivity index (χ0v) is 20.3. The number of carbonyl (C=O) groups is 2. The summed E-state index contributed by atoms with van der Waals surface area (Å²) in [4.78, 5) is 29.9. The molecule has 0 unspecified atom stereocenters. The molecule has 0 radical (unpaired) electrons. The van der Waals surface area contributed by atoms with E-state index in [0.717, 1.165) is 12.8 Å². The van der Waals surface area contributed by atoms with Gasteiger partial charge in [0.15, 0.2) is 0 Å². The Bertz CT molecular complexity index is 712. The molecule has 7 heteroatoms. The molecule has 1 aromatic heterocycles. The lowest BCUT2D eigenvalue weighted by atomic mass is 9.83. The first-order valence-electron chi connectivity index (χ1n) is 11.9. The number of aromatic nitrogens is 1. The minimum atomic E-state index is -0.914. The topological polar surface area (TPSA) is 101 Å². The van der Waals surface area contributed by atoms with Crippen LogP contribution in [0, 0.1) is 11.8 Å². The fourth-order valence-corrected chi connectivity index (χ4v) is 4.24. The smallest absolute Gasteiger partial charge is 0.408 e. The van der Waals surface area contributed by atoms with E-state index in [1.807, 2.05) is 19.9 Å². The van der Waals surface area contributed by atoms with Crippen molar-refractivity contribution in [2.75, 3.05) is 0 Å². The number of nitrogens with one attached hydrogen (secondary N) is 2. The first kappa shape index (κ1) is 26.1.